The maximum atomic E-state index is 14.2. The van der Waals surface area contributed by atoms with E-state index in [1.165, 1.54) is 4.90 Å². The molecule has 0 spiro atoms. The summed E-state index contributed by atoms with van der Waals surface area (Å²) in [6, 6.07) is 20.4. The number of nitrogens with one attached hydrogen (secondary N) is 3. The Labute approximate surface area is 427 Å². The van der Waals surface area contributed by atoms with E-state index in [0.717, 1.165) is 53.6 Å². The van der Waals surface area contributed by atoms with Gasteiger partial charge in [0.1, 0.15) is 36.1 Å². The molecule has 2 saturated heterocycles. The van der Waals surface area contributed by atoms with E-state index in [-0.39, 0.29) is 53.8 Å². The van der Waals surface area contributed by atoms with Gasteiger partial charge in [0.15, 0.2) is 0 Å². The van der Waals surface area contributed by atoms with Crippen LogP contribution in [0.4, 0.5) is 5.69 Å². The van der Waals surface area contributed by atoms with E-state index < -0.39 is 41.5 Å². The first-order valence-corrected chi connectivity index (χ1v) is 25.7. The van der Waals surface area contributed by atoms with Gasteiger partial charge in [0.05, 0.1) is 45.4 Å². The number of aliphatic hydroxyl groups excluding tert-OH is 1. The zero-order valence-corrected chi connectivity index (χ0v) is 44.1. The molecule has 15 nitrogen and oxygen atoms in total. The van der Waals surface area contributed by atoms with Gasteiger partial charge in [-0.15, -0.1) is 11.3 Å². The molecule has 17 heteroatoms. The lowest BCUT2D eigenvalue weighted by molar-refractivity contribution is -0.164. The summed E-state index contributed by atoms with van der Waals surface area (Å²) < 4.78 is 12.4. The maximum Gasteiger partial charge on any atom is 0.251 e. The number of thiazole rings is 1. The second-order valence-electron chi connectivity index (χ2n) is 21.5. The van der Waals surface area contributed by atoms with E-state index >= 15 is 0 Å². The van der Waals surface area contributed by atoms with Crippen LogP contribution in [0.15, 0.2) is 72.2 Å². The summed E-state index contributed by atoms with van der Waals surface area (Å²) in [5, 5.41) is 29.5. The van der Waals surface area contributed by atoms with Crippen molar-refractivity contribution in [2.24, 2.45) is 16.2 Å². The van der Waals surface area contributed by atoms with Gasteiger partial charge in [0.2, 0.25) is 17.7 Å². The number of aliphatic hydroxyl groups is 1. The topological polar surface area (TPSA) is 189 Å². The normalized spacial score (nSPS) is 22.1. The molecule has 4 aromatic rings. The number of aryl methyl sites for hydroxylation is 1. The van der Waals surface area contributed by atoms with E-state index in [4.69, 9.17) is 21.1 Å². The Morgan fingerprint density at radius 1 is 0.958 bits per heavy atom. The number of hydrogen-bond acceptors (Lipinski definition) is 12. The minimum absolute atomic E-state index is 0.0195. The molecule has 7 rings (SSSR count). The third kappa shape index (κ3) is 11.9. The monoisotopic (exact) mass is 1010 g/mol. The highest BCUT2D eigenvalue weighted by Crippen LogP contribution is 2.55. The number of nitrogens with zero attached hydrogens (tertiary/aromatic N) is 5. The average Bonchev–Trinajstić information content (AvgIpc) is 3.96. The quantitative estimate of drug-likeness (QED) is 0.0892. The highest BCUT2D eigenvalue weighted by atomic mass is 35.5. The van der Waals surface area contributed by atoms with Gasteiger partial charge < -0.3 is 40.3 Å². The first kappa shape index (κ1) is 53.2. The smallest absolute Gasteiger partial charge is 0.251 e. The Balaban J connectivity index is 0.846. The number of hydrogen-bond donors (Lipinski definition) is 4. The van der Waals surface area contributed by atoms with Crippen molar-refractivity contribution in [3.8, 4) is 22.3 Å². The molecule has 2 aliphatic heterocycles. The number of nitriles is 1. The number of rotatable bonds is 16. The van der Waals surface area contributed by atoms with Crippen LogP contribution in [0.1, 0.15) is 102 Å². The molecular weight excluding hydrogens is 940 g/mol. The Bertz CT molecular complexity index is 2580. The Morgan fingerprint density at radius 3 is 2.21 bits per heavy atom. The van der Waals surface area contributed by atoms with Crippen LogP contribution in [0.2, 0.25) is 5.02 Å². The Morgan fingerprint density at radius 2 is 1.62 bits per heavy atom. The van der Waals surface area contributed by atoms with Crippen molar-refractivity contribution >= 4 is 52.3 Å². The number of benzene rings is 3. The molecule has 4 N–H and O–H groups in total. The molecule has 4 amide bonds. The van der Waals surface area contributed by atoms with Crippen LogP contribution in [0, 0.1) is 34.5 Å². The zero-order valence-electron chi connectivity index (χ0n) is 42.5. The van der Waals surface area contributed by atoms with Crippen molar-refractivity contribution in [2.45, 2.75) is 118 Å². The van der Waals surface area contributed by atoms with Crippen LogP contribution in [-0.4, -0.2) is 126 Å². The number of anilines is 1. The summed E-state index contributed by atoms with van der Waals surface area (Å²) in [5.41, 5.74) is 5.24. The summed E-state index contributed by atoms with van der Waals surface area (Å²) >= 11 is 7.84. The summed E-state index contributed by atoms with van der Waals surface area (Å²) in [5.74, 6) is -0.804. The van der Waals surface area contributed by atoms with Gasteiger partial charge in [0, 0.05) is 79.9 Å². The summed E-state index contributed by atoms with van der Waals surface area (Å²) in [4.78, 5) is 66.5. The molecule has 3 aromatic carbocycles. The van der Waals surface area contributed by atoms with Crippen LogP contribution in [-0.2, 0) is 19.1 Å². The molecular formula is C54H69ClN8O7S. The second kappa shape index (κ2) is 21.6. The molecule has 0 unspecified atom stereocenters. The summed E-state index contributed by atoms with van der Waals surface area (Å²) in [6.45, 7) is 23.4. The Kier molecular flexibility index (Phi) is 16.2. The van der Waals surface area contributed by atoms with Crippen LogP contribution in [0.25, 0.3) is 10.4 Å². The van der Waals surface area contributed by atoms with E-state index in [0.29, 0.717) is 35.1 Å². The maximum absolute atomic E-state index is 14.2. The number of aromatic nitrogens is 1. The number of halogens is 1. The number of carbonyl (C=O) groups is 4. The van der Waals surface area contributed by atoms with E-state index in [1.807, 2.05) is 88.7 Å². The number of piperazine rings is 1. The lowest BCUT2D eigenvalue weighted by atomic mass is 9.49. The first-order valence-electron chi connectivity index (χ1n) is 24.5. The van der Waals surface area contributed by atoms with Gasteiger partial charge in [-0.3, -0.25) is 24.1 Å². The molecule has 3 fully saturated rings. The van der Waals surface area contributed by atoms with Gasteiger partial charge in [-0.25, -0.2) is 4.98 Å². The zero-order chi connectivity index (χ0) is 51.6. The fourth-order valence-electron chi connectivity index (χ4n) is 10.6. The molecule has 1 aliphatic carbocycles. The molecule has 0 radical (unpaired) electrons. The number of carbonyl (C=O) groups excluding carboxylic acids is 4. The minimum Gasteiger partial charge on any atom is -0.489 e. The SMILES string of the molecule is Cc1ncsc1-c1ccc([C@H](C)NC(=O)[C@@H]2C[C@@H](O)CN2C(=O)[C@@H](NC(=O)[C@H](C)OCCN2CCN(c3ccc(C(=O)NC4C(C)(C)C(Oc5ccc(C#N)c(Cl)c5)C4(C)C)cc3)CC2)C(C)(C)C)cc1. The lowest BCUT2D eigenvalue weighted by Gasteiger charge is -2.63. The van der Waals surface area contributed by atoms with Crippen LogP contribution in [0.5, 0.6) is 5.75 Å². The Hall–Kier alpha value is -5.57. The fourth-order valence-corrected chi connectivity index (χ4v) is 11.6. The molecule has 5 atom stereocenters. The lowest BCUT2D eigenvalue weighted by Crippen LogP contribution is -2.74. The number of likely N-dealkylation sites (tertiary alicyclic amines) is 1. The predicted molar refractivity (Wildman–Crippen MR) is 276 cm³/mol. The van der Waals surface area contributed by atoms with Crippen molar-refractivity contribution < 1.29 is 33.8 Å². The summed E-state index contributed by atoms with van der Waals surface area (Å²) in [7, 11) is 0. The van der Waals surface area contributed by atoms with Crippen molar-refractivity contribution in [1.29, 1.82) is 5.26 Å². The van der Waals surface area contributed by atoms with Crippen LogP contribution >= 0.6 is 22.9 Å². The van der Waals surface area contributed by atoms with Gasteiger partial charge in [-0.05, 0) is 73.7 Å². The van der Waals surface area contributed by atoms with Crippen molar-refractivity contribution in [3.05, 3.63) is 99.6 Å². The van der Waals surface area contributed by atoms with Crippen LogP contribution < -0.4 is 25.6 Å². The van der Waals surface area contributed by atoms with Crippen LogP contribution in [0.3, 0.4) is 0 Å². The number of amides is 4. The molecule has 1 saturated carbocycles. The van der Waals surface area contributed by atoms with Gasteiger partial charge in [-0.1, -0.05) is 84.3 Å². The predicted octanol–water partition coefficient (Wildman–Crippen LogP) is 7.15. The van der Waals surface area contributed by atoms with Gasteiger partial charge >= 0.3 is 0 Å². The molecule has 1 aromatic heterocycles. The molecule has 3 heterocycles. The third-order valence-electron chi connectivity index (χ3n) is 14.5. The van der Waals surface area contributed by atoms with Gasteiger partial charge in [0.25, 0.3) is 5.91 Å². The van der Waals surface area contributed by atoms with Crippen molar-refractivity contribution in [1.82, 2.24) is 30.7 Å². The molecule has 71 heavy (non-hydrogen) atoms. The minimum atomic E-state index is -0.976. The van der Waals surface area contributed by atoms with E-state index in [9.17, 15) is 29.5 Å². The highest BCUT2D eigenvalue weighted by molar-refractivity contribution is 7.13. The summed E-state index contributed by atoms with van der Waals surface area (Å²) in [6.07, 6.45) is -1.84. The van der Waals surface area contributed by atoms with E-state index in [2.05, 4.69) is 64.5 Å². The van der Waals surface area contributed by atoms with Crippen molar-refractivity contribution in [3.63, 3.8) is 0 Å². The molecule has 3 aliphatic rings. The largest absolute Gasteiger partial charge is 0.489 e. The van der Waals surface area contributed by atoms with Crippen molar-refractivity contribution in [2.75, 3.05) is 50.8 Å². The van der Waals surface area contributed by atoms with Gasteiger partial charge in [-0.2, -0.15) is 5.26 Å². The second-order valence-corrected chi connectivity index (χ2v) is 22.8. The molecule has 0 bridgehead atoms. The molecule has 380 valence electrons. The number of β-amino-alcohol motifs (C(OH)–C–C–N with tert-alkyl or cyclic N) is 1. The first-order chi connectivity index (χ1) is 33.5. The fraction of sp³-hybridized carbons (Fsp3) is 0.519. The standard InChI is InChI=1S/C54H69ClN8O7S/c1-32(35-11-13-36(14-12-35)44-33(2)57-31-71-44)58-48(67)43-27-40(64)30-63(43)49(68)45(52(4,5)6)59-46(65)34(3)69-26-25-61-21-23-62(24-22-61)39-18-15-37(16-19-39)47(66)60-50-53(7,8)51(54(50,9)10)70-41-20-17-38(29-56)42(55)28-41/h11-20,28,31-32,34,40,43,45,50-51,64H,21-27,30H2,1-10H3,(H,58,67)(H,59,65)(H,60,66)/t32-,34-,40+,43-,45+,50?,51?/m0/s1. The average molecular weight is 1010 g/mol. The third-order valence-corrected chi connectivity index (χ3v) is 15.8. The highest BCUT2D eigenvalue weighted by Gasteiger charge is 2.64. The number of ether oxygens (including phenoxy) is 2. The van der Waals surface area contributed by atoms with E-state index in [1.54, 1.807) is 36.5 Å².